The Morgan fingerprint density at radius 3 is 2.62 bits per heavy atom. The van der Waals surface area contributed by atoms with E-state index in [1.165, 1.54) is 4.68 Å². The average molecular weight is 456 g/mol. The number of fused-ring (bicyclic) bond motifs is 1. The number of esters is 1. The Bertz CT molecular complexity index is 1150. The van der Waals surface area contributed by atoms with Crippen LogP contribution in [0, 0.1) is 6.92 Å². The van der Waals surface area contributed by atoms with E-state index in [1.54, 1.807) is 6.92 Å². The molecule has 166 valence electrons. The predicted octanol–water partition coefficient (Wildman–Crippen LogP) is 3.64. The topological polar surface area (TPSA) is 91.7 Å². The van der Waals surface area contributed by atoms with Crippen LogP contribution in [0.4, 0.5) is 0 Å². The maximum absolute atomic E-state index is 12.6. The van der Waals surface area contributed by atoms with E-state index in [0.717, 1.165) is 5.56 Å². The molecule has 3 aromatic rings. The molecular weight excluding hydrogens is 434 g/mol. The molecule has 2 aromatic carbocycles. The molecule has 0 fully saturated rings. The number of carbonyl (C=O) groups is 2. The van der Waals surface area contributed by atoms with Crippen molar-refractivity contribution in [2.24, 2.45) is 0 Å². The first-order valence-corrected chi connectivity index (χ1v) is 10.5. The molecular formula is C23H22ClN3O5. The molecule has 9 heteroatoms. The second-order valence-electron chi connectivity index (χ2n) is 7.27. The zero-order valence-corrected chi connectivity index (χ0v) is 18.4. The SMILES string of the molecule is Cc1nn(-c2ccccc2)c(Cl)c1C(=O)OCC(=O)NC(C)c1ccc2c(c1)OCCO2. The van der Waals surface area contributed by atoms with Gasteiger partial charge in [-0.1, -0.05) is 35.9 Å². The molecule has 1 aromatic heterocycles. The van der Waals surface area contributed by atoms with E-state index in [-0.39, 0.29) is 16.8 Å². The van der Waals surface area contributed by atoms with Crippen LogP contribution < -0.4 is 14.8 Å². The van der Waals surface area contributed by atoms with E-state index in [4.69, 9.17) is 25.8 Å². The summed E-state index contributed by atoms with van der Waals surface area (Å²) in [5.41, 5.74) is 2.10. The summed E-state index contributed by atoms with van der Waals surface area (Å²) < 4.78 is 17.7. The zero-order valence-electron chi connectivity index (χ0n) is 17.6. The number of benzene rings is 2. The summed E-state index contributed by atoms with van der Waals surface area (Å²) in [5.74, 6) is 0.166. The van der Waals surface area contributed by atoms with Crippen molar-refractivity contribution in [1.82, 2.24) is 15.1 Å². The van der Waals surface area contributed by atoms with Crippen molar-refractivity contribution in [1.29, 1.82) is 0 Å². The number of para-hydroxylation sites is 1. The summed E-state index contributed by atoms with van der Waals surface area (Å²) >= 11 is 6.37. The highest BCUT2D eigenvalue weighted by Gasteiger charge is 2.23. The summed E-state index contributed by atoms with van der Waals surface area (Å²) in [6.07, 6.45) is 0. The summed E-state index contributed by atoms with van der Waals surface area (Å²) in [5, 5.41) is 7.25. The number of ether oxygens (including phenoxy) is 3. The summed E-state index contributed by atoms with van der Waals surface area (Å²) in [6.45, 7) is 4.04. The normalized spacial score (nSPS) is 13.3. The van der Waals surface area contributed by atoms with Crippen LogP contribution in [0.3, 0.4) is 0 Å². The highest BCUT2D eigenvalue weighted by molar-refractivity contribution is 6.33. The van der Waals surface area contributed by atoms with Gasteiger partial charge in [-0.05, 0) is 43.7 Å². The molecule has 0 spiro atoms. The fourth-order valence-electron chi connectivity index (χ4n) is 3.37. The van der Waals surface area contributed by atoms with Gasteiger partial charge in [0.15, 0.2) is 18.1 Å². The molecule has 32 heavy (non-hydrogen) atoms. The Morgan fingerprint density at radius 1 is 1.16 bits per heavy atom. The van der Waals surface area contributed by atoms with Gasteiger partial charge in [-0.25, -0.2) is 9.48 Å². The minimum absolute atomic E-state index is 0.128. The Morgan fingerprint density at radius 2 is 1.88 bits per heavy atom. The predicted molar refractivity (Wildman–Crippen MR) is 118 cm³/mol. The van der Waals surface area contributed by atoms with Crippen molar-refractivity contribution in [3.05, 3.63) is 70.5 Å². The minimum Gasteiger partial charge on any atom is -0.486 e. The van der Waals surface area contributed by atoms with E-state index < -0.39 is 18.5 Å². The maximum atomic E-state index is 12.6. The standard InChI is InChI=1S/C23H22ClN3O5/c1-14(16-8-9-18-19(12-16)31-11-10-30-18)25-20(28)13-32-23(29)21-15(2)26-27(22(21)24)17-6-4-3-5-7-17/h3-9,12,14H,10-11,13H2,1-2H3,(H,25,28). The molecule has 1 unspecified atom stereocenters. The second kappa shape index (κ2) is 9.32. The largest absolute Gasteiger partial charge is 0.486 e. The first kappa shape index (κ1) is 21.7. The molecule has 0 radical (unpaired) electrons. The summed E-state index contributed by atoms with van der Waals surface area (Å²) in [7, 11) is 0. The Hall–Kier alpha value is -3.52. The van der Waals surface area contributed by atoms with Crippen LogP contribution in [0.25, 0.3) is 5.69 Å². The quantitative estimate of drug-likeness (QED) is 0.570. The number of aromatic nitrogens is 2. The van der Waals surface area contributed by atoms with Gasteiger partial charge in [0.25, 0.3) is 5.91 Å². The molecule has 2 heterocycles. The lowest BCUT2D eigenvalue weighted by Gasteiger charge is -2.21. The maximum Gasteiger partial charge on any atom is 0.343 e. The van der Waals surface area contributed by atoms with E-state index >= 15 is 0 Å². The molecule has 1 atom stereocenters. The van der Waals surface area contributed by atoms with Gasteiger partial charge in [-0.2, -0.15) is 5.10 Å². The van der Waals surface area contributed by atoms with Gasteiger partial charge in [0.05, 0.1) is 17.4 Å². The lowest BCUT2D eigenvalue weighted by Crippen LogP contribution is -2.31. The van der Waals surface area contributed by atoms with Crippen molar-refractivity contribution in [3.63, 3.8) is 0 Å². The third-order valence-electron chi connectivity index (χ3n) is 4.99. The van der Waals surface area contributed by atoms with Crippen molar-refractivity contribution in [2.75, 3.05) is 19.8 Å². The molecule has 1 aliphatic heterocycles. The van der Waals surface area contributed by atoms with Crippen molar-refractivity contribution < 1.29 is 23.8 Å². The highest BCUT2D eigenvalue weighted by atomic mass is 35.5. The van der Waals surface area contributed by atoms with E-state index in [2.05, 4.69) is 10.4 Å². The van der Waals surface area contributed by atoms with Gasteiger partial charge in [0, 0.05) is 0 Å². The van der Waals surface area contributed by atoms with Gasteiger partial charge in [-0.15, -0.1) is 0 Å². The van der Waals surface area contributed by atoms with E-state index in [9.17, 15) is 9.59 Å². The lowest BCUT2D eigenvalue weighted by atomic mass is 10.1. The number of nitrogens with one attached hydrogen (secondary N) is 1. The first-order valence-electron chi connectivity index (χ1n) is 10.1. The van der Waals surface area contributed by atoms with Crippen LogP contribution in [0.15, 0.2) is 48.5 Å². The van der Waals surface area contributed by atoms with Crippen molar-refractivity contribution >= 4 is 23.5 Å². The van der Waals surface area contributed by atoms with Crippen LogP contribution >= 0.6 is 11.6 Å². The van der Waals surface area contributed by atoms with Crippen LogP contribution in [0.1, 0.15) is 34.6 Å². The Kier molecular flexibility index (Phi) is 6.32. The molecule has 4 rings (SSSR count). The van der Waals surface area contributed by atoms with Crippen LogP contribution in [-0.4, -0.2) is 41.5 Å². The van der Waals surface area contributed by atoms with Crippen LogP contribution in [0.2, 0.25) is 5.15 Å². The number of hydrogen-bond donors (Lipinski definition) is 1. The lowest BCUT2D eigenvalue weighted by molar-refractivity contribution is -0.124. The van der Waals surface area contributed by atoms with Crippen molar-refractivity contribution in [3.8, 4) is 17.2 Å². The number of aryl methyl sites for hydroxylation is 1. The zero-order chi connectivity index (χ0) is 22.7. The number of amides is 1. The number of hydrogen-bond acceptors (Lipinski definition) is 6. The fraction of sp³-hybridized carbons (Fsp3) is 0.261. The molecule has 1 N–H and O–H groups in total. The van der Waals surface area contributed by atoms with Gasteiger partial charge >= 0.3 is 5.97 Å². The summed E-state index contributed by atoms with van der Waals surface area (Å²) in [4.78, 5) is 24.9. The molecule has 8 nitrogen and oxygen atoms in total. The average Bonchev–Trinajstić information content (AvgIpc) is 3.11. The molecule has 0 aliphatic carbocycles. The Labute approximate surface area is 190 Å². The van der Waals surface area contributed by atoms with Gasteiger partial charge in [-0.3, -0.25) is 4.79 Å². The third-order valence-corrected chi connectivity index (χ3v) is 5.34. The smallest absolute Gasteiger partial charge is 0.343 e. The fourth-order valence-corrected chi connectivity index (χ4v) is 3.72. The van der Waals surface area contributed by atoms with Gasteiger partial charge in [0.2, 0.25) is 0 Å². The van der Waals surface area contributed by atoms with Crippen LogP contribution in [-0.2, 0) is 9.53 Å². The molecule has 1 aliphatic rings. The summed E-state index contributed by atoms with van der Waals surface area (Å²) in [6, 6.07) is 14.4. The second-order valence-corrected chi connectivity index (χ2v) is 7.63. The number of halogens is 1. The molecule has 1 amide bonds. The number of nitrogens with zero attached hydrogens (tertiary/aromatic N) is 2. The highest BCUT2D eigenvalue weighted by Crippen LogP contribution is 2.32. The minimum atomic E-state index is -0.711. The molecule has 0 bridgehead atoms. The first-order chi connectivity index (χ1) is 15.4. The molecule has 0 saturated heterocycles. The third kappa shape index (κ3) is 4.55. The van der Waals surface area contributed by atoms with E-state index in [1.807, 2.05) is 55.5 Å². The monoisotopic (exact) mass is 455 g/mol. The number of carbonyl (C=O) groups excluding carboxylic acids is 2. The van der Waals surface area contributed by atoms with Crippen LogP contribution in [0.5, 0.6) is 11.5 Å². The molecule has 0 saturated carbocycles. The van der Waals surface area contributed by atoms with Crippen molar-refractivity contribution in [2.45, 2.75) is 19.9 Å². The Balaban J connectivity index is 1.37. The number of rotatable bonds is 6. The van der Waals surface area contributed by atoms with Gasteiger partial charge in [0.1, 0.15) is 23.9 Å². The van der Waals surface area contributed by atoms with E-state index in [0.29, 0.717) is 36.1 Å². The van der Waals surface area contributed by atoms with Gasteiger partial charge < -0.3 is 19.5 Å².